The molecule has 1 N–H and O–H groups in total. The molecule has 0 radical (unpaired) electrons. The second kappa shape index (κ2) is 4.97. The Morgan fingerprint density at radius 3 is 2.93 bits per heavy atom. The maximum atomic E-state index is 8.81. The Morgan fingerprint density at radius 1 is 1.64 bits per heavy atom. The van der Waals surface area contributed by atoms with Crippen molar-refractivity contribution in [2.24, 2.45) is 5.92 Å². The average Bonchev–Trinajstić information content (AvgIpc) is 2.15. The molecule has 0 aromatic carbocycles. The highest BCUT2D eigenvalue weighted by atomic mass is 79.9. The quantitative estimate of drug-likeness (QED) is 0.902. The Bertz CT molecular complexity index is 355. The molecule has 4 heteroatoms. The smallest absolute Gasteiger partial charge is 0.163 e. The summed E-state index contributed by atoms with van der Waals surface area (Å²) in [6, 6.07) is 3.92. The Labute approximate surface area is 92.3 Å². The zero-order valence-corrected chi connectivity index (χ0v) is 9.80. The van der Waals surface area contributed by atoms with E-state index in [-0.39, 0.29) is 0 Å². The Hall–Kier alpha value is -1.08. The fraction of sp³-hybridized carbons (Fsp3) is 0.400. The molecule has 1 aromatic rings. The zero-order valence-electron chi connectivity index (χ0n) is 8.21. The highest BCUT2D eigenvalue weighted by Crippen LogP contribution is 2.18. The third kappa shape index (κ3) is 3.00. The van der Waals surface area contributed by atoms with Gasteiger partial charge < -0.3 is 5.32 Å². The number of halogens is 1. The minimum absolute atomic E-state index is 0.439. The van der Waals surface area contributed by atoms with E-state index in [1.54, 1.807) is 6.20 Å². The molecule has 1 rings (SSSR count). The van der Waals surface area contributed by atoms with Crippen molar-refractivity contribution < 1.29 is 0 Å². The van der Waals surface area contributed by atoms with Crippen LogP contribution < -0.4 is 5.32 Å². The SMILES string of the molecule is CC(C)CNc1cc(Br)cnc1C#N. The molecule has 0 atom stereocenters. The molecular formula is C10H12BrN3. The van der Waals surface area contributed by atoms with Crippen LogP contribution in [0.5, 0.6) is 0 Å². The van der Waals surface area contributed by atoms with Gasteiger partial charge in [0.15, 0.2) is 5.69 Å². The minimum Gasteiger partial charge on any atom is -0.382 e. The molecule has 0 aliphatic carbocycles. The predicted molar refractivity (Wildman–Crippen MR) is 60.0 cm³/mol. The summed E-state index contributed by atoms with van der Waals surface area (Å²) in [6.45, 7) is 5.07. The lowest BCUT2D eigenvalue weighted by atomic mass is 10.2. The normalized spacial score (nSPS) is 9.93. The van der Waals surface area contributed by atoms with Gasteiger partial charge >= 0.3 is 0 Å². The van der Waals surface area contributed by atoms with E-state index in [0.29, 0.717) is 11.6 Å². The summed E-state index contributed by atoms with van der Waals surface area (Å²) in [5, 5.41) is 12.0. The first kappa shape index (κ1) is 11.0. The summed E-state index contributed by atoms with van der Waals surface area (Å²) >= 11 is 3.32. The third-order valence-electron chi connectivity index (χ3n) is 1.66. The van der Waals surface area contributed by atoms with Crippen molar-refractivity contribution in [2.45, 2.75) is 13.8 Å². The van der Waals surface area contributed by atoms with Crippen molar-refractivity contribution in [1.82, 2.24) is 4.98 Å². The molecule has 0 aliphatic rings. The second-order valence-electron chi connectivity index (χ2n) is 3.44. The van der Waals surface area contributed by atoms with Crippen LogP contribution >= 0.6 is 15.9 Å². The van der Waals surface area contributed by atoms with Crippen molar-refractivity contribution in [3.05, 3.63) is 22.4 Å². The summed E-state index contributed by atoms with van der Waals surface area (Å²) in [7, 11) is 0. The van der Waals surface area contributed by atoms with Gasteiger partial charge in [-0.05, 0) is 27.9 Å². The van der Waals surface area contributed by atoms with Crippen LogP contribution in [-0.4, -0.2) is 11.5 Å². The molecule has 3 nitrogen and oxygen atoms in total. The number of hydrogen-bond donors (Lipinski definition) is 1. The Morgan fingerprint density at radius 2 is 2.36 bits per heavy atom. The molecule has 0 bridgehead atoms. The first-order chi connectivity index (χ1) is 6.63. The van der Waals surface area contributed by atoms with Crippen LogP contribution in [0.3, 0.4) is 0 Å². The molecule has 14 heavy (non-hydrogen) atoms. The van der Waals surface area contributed by atoms with Gasteiger partial charge in [0.2, 0.25) is 0 Å². The molecule has 0 saturated carbocycles. The van der Waals surface area contributed by atoms with E-state index in [9.17, 15) is 0 Å². The van der Waals surface area contributed by atoms with Crippen LogP contribution in [0.2, 0.25) is 0 Å². The molecule has 0 fully saturated rings. The summed E-state index contributed by atoms with van der Waals surface area (Å²) in [4.78, 5) is 4.00. The van der Waals surface area contributed by atoms with Gasteiger partial charge in [0.05, 0.1) is 5.69 Å². The van der Waals surface area contributed by atoms with Crippen molar-refractivity contribution in [3.8, 4) is 6.07 Å². The molecule has 1 aromatic heterocycles. The lowest BCUT2D eigenvalue weighted by Gasteiger charge is -2.09. The van der Waals surface area contributed by atoms with Gasteiger partial charge in [-0.3, -0.25) is 0 Å². The predicted octanol–water partition coefficient (Wildman–Crippen LogP) is 2.78. The third-order valence-corrected chi connectivity index (χ3v) is 2.09. The topological polar surface area (TPSA) is 48.7 Å². The number of nitrogens with one attached hydrogen (secondary N) is 1. The highest BCUT2D eigenvalue weighted by molar-refractivity contribution is 9.10. The maximum absolute atomic E-state index is 8.81. The van der Waals surface area contributed by atoms with Crippen LogP contribution in [0.1, 0.15) is 19.5 Å². The van der Waals surface area contributed by atoms with E-state index < -0.39 is 0 Å². The van der Waals surface area contributed by atoms with Crippen molar-refractivity contribution in [1.29, 1.82) is 5.26 Å². The van der Waals surface area contributed by atoms with E-state index in [1.807, 2.05) is 6.07 Å². The number of nitriles is 1. The lowest BCUT2D eigenvalue weighted by Crippen LogP contribution is -2.09. The standard InChI is InChI=1S/C10H12BrN3/c1-7(2)5-13-9-3-8(11)6-14-10(9)4-12/h3,6-7,13H,5H2,1-2H3. The van der Waals surface area contributed by atoms with Gasteiger partial charge in [-0.25, -0.2) is 4.98 Å². The Kier molecular flexibility index (Phi) is 3.90. The van der Waals surface area contributed by atoms with Crippen LogP contribution in [0, 0.1) is 17.2 Å². The number of rotatable bonds is 3. The molecule has 0 saturated heterocycles. The van der Waals surface area contributed by atoms with Crippen LogP contribution in [0.25, 0.3) is 0 Å². The van der Waals surface area contributed by atoms with Gasteiger partial charge in [-0.2, -0.15) is 5.26 Å². The molecule has 0 spiro atoms. The Balaban J connectivity index is 2.84. The average molecular weight is 254 g/mol. The van der Waals surface area contributed by atoms with E-state index in [4.69, 9.17) is 5.26 Å². The first-order valence-electron chi connectivity index (χ1n) is 4.43. The summed E-state index contributed by atoms with van der Waals surface area (Å²) in [5.74, 6) is 0.542. The van der Waals surface area contributed by atoms with Gasteiger partial charge in [0.25, 0.3) is 0 Å². The molecule has 0 amide bonds. The fourth-order valence-corrected chi connectivity index (χ4v) is 1.31. The minimum atomic E-state index is 0.439. The van der Waals surface area contributed by atoms with E-state index in [0.717, 1.165) is 16.7 Å². The fourth-order valence-electron chi connectivity index (χ4n) is 0.977. The van der Waals surface area contributed by atoms with Gasteiger partial charge in [-0.15, -0.1) is 0 Å². The van der Waals surface area contributed by atoms with Crippen LogP contribution in [-0.2, 0) is 0 Å². The molecule has 0 aliphatic heterocycles. The molecule has 0 unspecified atom stereocenters. The van der Waals surface area contributed by atoms with Crippen molar-refractivity contribution in [2.75, 3.05) is 11.9 Å². The molecule has 1 heterocycles. The van der Waals surface area contributed by atoms with Crippen molar-refractivity contribution >= 4 is 21.6 Å². The number of hydrogen-bond acceptors (Lipinski definition) is 3. The summed E-state index contributed by atoms with van der Waals surface area (Å²) in [6.07, 6.45) is 1.62. The van der Waals surface area contributed by atoms with Crippen molar-refractivity contribution in [3.63, 3.8) is 0 Å². The highest BCUT2D eigenvalue weighted by Gasteiger charge is 2.04. The van der Waals surface area contributed by atoms with E-state index in [1.165, 1.54) is 0 Å². The van der Waals surface area contributed by atoms with Gasteiger partial charge in [0.1, 0.15) is 6.07 Å². The molecular weight excluding hydrogens is 242 g/mol. The summed E-state index contributed by atoms with van der Waals surface area (Å²) < 4.78 is 0.878. The number of nitrogens with zero attached hydrogens (tertiary/aromatic N) is 2. The van der Waals surface area contributed by atoms with E-state index in [2.05, 4.69) is 46.1 Å². The monoisotopic (exact) mass is 253 g/mol. The van der Waals surface area contributed by atoms with E-state index >= 15 is 0 Å². The van der Waals surface area contributed by atoms with Gasteiger partial charge in [-0.1, -0.05) is 13.8 Å². The number of anilines is 1. The largest absolute Gasteiger partial charge is 0.382 e. The maximum Gasteiger partial charge on any atom is 0.163 e. The van der Waals surface area contributed by atoms with Crippen LogP contribution in [0.4, 0.5) is 5.69 Å². The second-order valence-corrected chi connectivity index (χ2v) is 4.35. The molecule has 74 valence electrons. The summed E-state index contributed by atoms with van der Waals surface area (Å²) in [5.41, 5.74) is 1.23. The zero-order chi connectivity index (χ0) is 10.6. The lowest BCUT2D eigenvalue weighted by molar-refractivity contribution is 0.688. The first-order valence-corrected chi connectivity index (χ1v) is 5.22. The van der Waals surface area contributed by atoms with Gasteiger partial charge in [0, 0.05) is 17.2 Å². The number of pyridine rings is 1. The number of aromatic nitrogens is 1. The van der Waals surface area contributed by atoms with Crippen LogP contribution in [0.15, 0.2) is 16.7 Å².